The largest absolute Gasteiger partial charge is 0.506 e. The fourth-order valence-electron chi connectivity index (χ4n) is 1.12. The van der Waals surface area contributed by atoms with Crippen molar-refractivity contribution >= 4 is 17.7 Å². The average molecular weight is 239 g/mol. The maximum Gasteiger partial charge on any atom is 0.411 e. The lowest BCUT2D eigenvalue weighted by atomic mass is 10.2. The van der Waals surface area contributed by atoms with Crippen molar-refractivity contribution in [3.05, 3.63) is 23.8 Å². The Hall–Kier alpha value is -2.24. The summed E-state index contributed by atoms with van der Waals surface area (Å²) in [7, 11) is 0. The zero-order valence-corrected chi connectivity index (χ0v) is 9.43. The molecule has 1 aromatic carbocycles. The zero-order chi connectivity index (χ0) is 13.0. The summed E-state index contributed by atoms with van der Waals surface area (Å²) in [5.74, 6) is -1.37. The van der Waals surface area contributed by atoms with Gasteiger partial charge in [-0.2, -0.15) is 0 Å². The predicted octanol–water partition coefficient (Wildman–Crippen LogP) is 2.05. The van der Waals surface area contributed by atoms with Crippen LogP contribution in [0.15, 0.2) is 18.2 Å². The second-order valence-electron chi connectivity index (χ2n) is 3.62. The number of aromatic hydroxyl groups is 1. The number of carbonyl (C=O) groups excluding carboxylic acids is 1. The van der Waals surface area contributed by atoms with Crippen LogP contribution >= 0.6 is 0 Å². The number of amides is 1. The number of ether oxygens (including phenoxy) is 1. The maximum absolute atomic E-state index is 11.3. The monoisotopic (exact) mass is 239 g/mol. The lowest BCUT2D eigenvalue weighted by Gasteiger charge is -2.10. The van der Waals surface area contributed by atoms with E-state index in [0.717, 1.165) is 6.07 Å². The third kappa shape index (κ3) is 3.67. The van der Waals surface area contributed by atoms with Crippen molar-refractivity contribution in [2.24, 2.45) is 0 Å². The Labute approximate surface area is 97.8 Å². The van der Waals surface area contributed by atoms with Crippen LogP contribution in [-0.2, 0) is 4.74 Å². The number of carboxylic acid groups (broad SMARTS) is 1. The molecule has 0 aliphatic heterocycles. The summed E-state index contributed by atoms with van der Waals surface area (Å²) >= 11 is 0. The van der Waals surface area contributed by atoms with Gasteiger partial charge in [0.2, 0.25) is 0 Å². The summed E-state index contributed by atoms with van der Waals surface area (Å²) in [6, 6.07) is 3.57. The lowest BCUT2D eigenvalue weighted by molar-refractivity contribution is 0.0696. The smallest absolute Gasteiger partial charge is 0.411 e. The first kappa shape index (κ1) is 12.8. The van der Waals surface area contributed by atoms with Crippen molar-refractivity contribution in [2.75, 3.05) is 5.32 Å². The quantitative estimate of drug-likeness (QED) is 0.701. The van der Waals surface area contributed by atoms with Crippen LogP contribution in [-0.4, -0.2) is 28.4 Å². The molecule has 0 aliphatic rings. The molecular weight excluding hydrogens is 226 g/mol. The van der Waals surface area contributed by atoms with Crippen LogP contribution in [0.5, 0.6) is 5.75 Å². The number of phenolic OH excluding ortho intramolecular Hbond substituents is 1. The third-order valence-corrected chi connectivity index (χ3v) is 1.82. The number of anilines is 1. The molecule has 0 heterocycles. The highest BCUT2D eigenvalue weighted by molar-refractivity contribution is 5.92. The van der Waals surface area contributed by atoms with Crippen LogP contribution in [0.4, 0.5) is 10.5 Å². The van der Waals surface area contributed by atoms with Crippen LogP contribution in [0.2, 0.25) is 0 Å². The van der Waals surface area contributed by atoms with Gasteiger partial charge in [-0.15, -0.1) is 0 Å². The maximum atomic E-state index is 11.3. The summed E-state index contributed by atoms with van der Waals surface area (Å²) < 4.78 is 4.80. The highest BCUT2D eigenvalue weighted by atomic mass is 16.6. The van der Waals surface area contributed by atoms with Crippen molar-refractivity contribution < 1.29 is 24.5 Å². The lowest BCUT2D eigenvalue weighted by Crippen LogP contribution is -2.18. The van der Waals surface area contributed by atoms with E-state index < -0.39 is 12.1 Å². The Morgan fingerprint density at radius 1 is 1.35 bits per heavy atom. The molecule has 0 unspecified atom stereocenters. The number of benzene rings is 1. The van der Waals surface area contributed by atoms with Crippen LogP contribution in [0.1, 0.15) is 24.2 Å². The van der Waals surface area contributed by atoms with Crippen molar-refractivity contribution in [2.45, 2.75) is 20.0 Å². The van der Waals surface area contributed by atoms with E-state index in [9.17, 15) is 14.7 Å². The van der Waals surface area contributed by atoms with Gasteiger partial charge in [-0.3, -0.25) is 5.32 Å². The van der Waals surface area contributed by atoms with Gasteiger partial charge < -0.3 is 14.9 Å². The minimum absolute atomic E-state index is 0.00412. The van der Waals surface area contributed by atoms with Crippen LogP contribution in [0, 0.1) is 0 Å². The molecule has 1 amide bonds. The molecule has 6 nitrogen and oxygen atoms in total. The molecule has 3 N–H and O–H groups in total. The Morgan fingerprint density at radius 2 is 2.00 bits per heavy atom. The Balaban J connectivity index is 2.86. The molecule has 0 spiro atoms. The van der Waals surface area contributed by atoms with Gasteiger partial charge in [0.15, 0.2) is 0 Å². The first-order valence-corrected chi connectivity index (χ1v) is 4.94. The Bertz CT molecular complexity index is 441. The van der Waals surface area contributed by atoms with Gasteiger partial charge in [-0.1, -0.05) is 0 Å². The minimum atomic E-state index is -1.15. The first-order valence-electron chi connectivity index (χ1n) is 4.94. The van der Waals surface area contributed by atoms with E-state index in [1.165, 1.54) is 12.1 Å². The second-order valence-corrected chi connectivity index (χ2v) is 3.62. The third-order valence-electron chi connectivity index (χ3n) is 1.82. The van der Waals surface area contributed by atoms with E-state index in [1.54, 1.807) is 13.8 Å². The number of nitrogens with one attached hydrogen (secondary N) is 1. The molecule has 0 saturated heterocycles. The molecule has 0 aliphatic carbocycles. The summed E-state index contributed by atoms with van der Waals surface area (Å²) in [6.45, 7) is 3.35. The molecule has 0 fully saturated rings. The Morgan fingerprint density at radius 3 is 2.53 bits per heavy atom. The first-order chi connectivity index (χ1) is 7.90. The SMILES string of the molecule is CC(C)OC(=O)Nc1cc(C(=O)O)ccc1O. The number of rotatable bonds is 3. The molecule has 0 saturated carbocycles. The average Bonchev–Trinajstić information content (AvgIpc) is 2.19. The standard InChI is InChI=1S/C11H13NO5/c1-6(2)17-11(16)12-8-5-7(10(14)15)3-4-9(8)13/h3-6,13H,1-2H3,(H,12,16)(H,14,15). The molecular formula is C11H13NO5. The van der Waals surface area contributed by atoms with Crippen molar-refractivity contribution in [3.63, 3.8) is 0 Å². The number of carbonyl (C=O) groups is 2. The highest BCUT2D eigenvalue weighted by Crippen LogP contribution is 2.24. The summed E-state index contributed by atoms with van der Waals surface area (Å²) in [6.07, 6.45) is -1.06. The fourth-order valence-corrected chi connectivity index (χ4v) is 1.12. The predicted molar refractivity (Wildman–Crippen MR) is 60.3 cm³/mol. The van der Waals surface area contributed by atoms with E-state index in [4.69, 9.17) is 9.84 Å². The van der Waals surface area contributed by atoms with Crippen LogP contribution in [0.25, 0.3) is 0 Å². The molecule has 92 valence electrons. The number of hydrogen-bond acceptors (Lipinski definition) is 4. The van der Waals surface area contributed by atoms with Gasteiger partial charge in [0.05, 0.1) is 17.4 Å². The topological polar surface area (TPSA) is 95.9 Å². The molecule has 1 aromatic rings. The molecule has 0 aromatic heterocycles. The van der Waals surface area contributed by atoms with Gasteiger partial charge in [0, 0.05) is 0 Å². The van der Waals surface area contributed by atoms with E-state index in [-0.39, 0.29) is 23.1 Å². The van der Waals surface area contributed by atoms with Crippen molar-refractivity contribution in [1.29, 1.82) is 0 Å². The molecule has 17 heavy (non-hydrogen) atoms. The summed E-state index contributed by atoms with van der Waals surface area (Å²) in [5.41, 5.74) is -0.0433. The van der Waals surface area contributed by atoms with Crippen LogP contribution < -0.4 is 5.32 Å². The second kappa shape index (κ2) is 5.20. The highest BCUT2D eigenvalue weighted by Gasteiger charge is 2.11. The van der Waals surface area contributed by atoms with Gasteiger partial charge in [-0.25, -0.2) is 9.59 Å². The molecule has 1 rings (SSSR count). The summed E-state index contributed by atoms with van der Waals surface area (Å²) in [5, 5.41) is 20.5. The Kier molecular flexibility index (Phi) is 3.92. The number of carboxylic acids is 1. The van der Waals surface area contributed by atoms with E-state index in [2.05, 4.69) is 5.32 Å². The summed E-state index contributed by atoms with van der Waals surface area (Å²) in [4.78, 5) is 22.0. The van der Waals surface area contributed by atoms with Gasteiger partial charge in [-0.05, 0) is 32.0 Å². The fraction of sp³-hybridized carbons (Fsp3) is 0.273. The van der Waals surface area contributed by atoms with E-state index in [1.807, 2.05) is 0 Å². The number of hydrogen-bond donors (Lipinski definition) is 3. The molecule has 0 radical (unpaired) electrons. The van der Waals surface area contributed by atoms with Gasteiger partial charge in [0.25, 0.3) is 0 Å². The van der Waals surface area contributed by atoms with E-state index >= 15 is 0 Å². The number of phenols is 1. The molecule has 6 heteroatoms. The normalized spacial score (nSPS) is 10.1. The van der Waals surface area contributed by atoms with Crippen LogP contribution in [0.3, 0.4) is 0 Å². The molecule has 0 atom stereocenters. The van der Waals surface area contributed by atoms with Gasteiger partial charge in [0.1, 0.15) is 5.75 Å². The molecule has 0 bridgehead atoms. The van der Waals surface area contributed by atoms with E-state index in [0.29, 0.717) is 0 Å². The zero-order valence-electron chi connectivity index (χ0n) is 9.43. The van der Waals surface area contributed by atoms with Gasteiger partial charge >= 0.3 is 12.1 Å². The minimum Gasteiger partial charge on any atom is -0.506 e. The van der Waals surface area contributed by atoms with Crippen molar-refractivity contribution in [1.82, 2.24) is 0 Å². The van der Waals surface area contributed by atoms with Crippen molar-refractivity contribution in [3.8, 4) is 5.75 Å². The number of aromatic carboxylic acids is 1.